The summed E-state index contributed by atoms with van der Waals surface area (Å²) in [6, 6.07) is 7.56. The van der Waals surface area contributed by atoms with Gasteiger partial charge in [0.2, 0.25) is 0 Å². The van der Waals surface area contributed by atoms with Gasteiger partial charge in [0.05, 0.1) is 11.2 Å². The molecule has 1 amide bonds. The zero-order chi connectivity index (χ0) is 23.5. The highest BCUT2D eigenvalue weighted by Crippen LogP contribution is 2.27. The molecule has 0 aliphatic heterocycles. The summed E-state index contributed by atoms with van der Waals surface area (Å²) in [5, 5.41) is 6.09. The van der Waals surface area contributed by atoms with Gasteiger partial charge >= 0.3 is 10.2 Å². The van der Waals surface area contributed by atoms with Gasteiger partial charge in [-0.15, -0.1) is 0 Å². The number of carbonyl (C=O) groups is 1. The summed E-state index contributed by atoms with van der Waals surface area (Å²) in [6.07, 6.45) is 7.36. The van der Waals surface area contributed by atoms with Crippen molar-refractivity contribution in [2.24, 2.45) is 7.05 Å². The SMILES string of the molecule is CCCCCN(C)S(=O)(=O)NC(=O)/C=C/c1c(C)nn(C)c1-n1ccc2cc(Cl)ccc21. The van der Waals surface area contributed by atoms with Gasteiger partial charge in [-0.1, -0.05) is 31.4 Å². The maximum Gasteiger partial charge on any atom is 0.303 e. The van der Waals surface area contributed by atoms with Gasteiger partial charge in [0.1, 0.15) is 5.82 Å². The molecular weight excluding hydrogens is 450 g/mol. The van der Waals surface area contributed by atoms with Gasteiger partial charge in [0, 0.05) is 48.9 Å². The van der Waals surface area contributed by atoms with Gasteiger partial charge in [0.25, 0.3) is 5.91 Å². The van der Waals surface area contributed by atoms with Gasteiger partial charge in [0.15, 0.2) is 0 Å². The van der Waals surface area contributed by atoms with Crippen LogP contribution in [0.3, 0.4) is 0 Å². The molecule has 0 spiro atoms. The zero-order valence-corrected chi connectivity index (χ0v) is 20.2. The molecule has 0 saturated carbocycles. The van der Waals surface area contributed by atoms with E-state index in [2.05, 4.69) is 9.82 Å². The fourth-order valence-corrected chi connectivity index (χ4v) is 4.57. The summed E-state index contributed by atoms with van der Waals surface area (Å²) < 4.78 is 31.7. The maximum absolute atomic E-state index is 12.4. The van der Waals surface area contributed by atoms with E-state index in [1.54, 1.807) is 10.8 Å². The van der Waals surface area contributed by atoms with E-state index in [0.29, 0.717) is 22.8 Å². The Bertz CT molecular complexity index is 1260. The summed E-state index contributed by atoms with van der Waals surface area (Å²) in [4.78, 5) is 12.4. The van der Waals surface area contributed by atoms with Crippen LogP contribution in [-0.2, 0) is 22.1 Å². The van der Waals surface area contributed by atoms with Crippen LogP contribution >= 0.6 is 11.6 Å². The predicted octanol–water partition coefficient (Wildman–Crippen LogP) is 3.82. The molecule has 0 unspecified atom stereocenters. The second-order valence-electron chi connectivity index (χ2n) is 7.67. The molecule has 0 radical (unpaired) electrons. The number of aromatic nitrogens is 3. The lowest BCUT2D eigenvalue weighted by molar-refractivity contribution is -0.114. The van der Waals surface area contributed by atoms with Crippen LogP contribution in [-0.4, -0.2) is 46.6 Å². The van der Waals surface area contributed by atoms with E-state index in [1.807, 2.05) is 55.9 Å². The first-order chi connectivity index (χ1) is 15.1. The second-order valence-corrected chi connectivity index (χ2v) is 9.88. The van der Waals surface area contributed by atoms with Crippen molar-refractivity contribution in [3.8, 4) is 5.82 Å². The van der Waals surface area contributed by atoms with Crippen molar-refractivity contribution in [2.45, 2.75) is 33.1 Å². The van der Waals surface area contributed by atoms with Crippen LogP contribution < -0.4 is 4.72 Å². The average Bonchev–Trinajstić information content (AvgIpc) is 3.24. The molecule has 3 aromatic rings. The number of carbonyl (C=O) groups excluding carboxylic acids is 1. The van der Waals surface area contributed by atoms with Crippen LogP contribution in [0.1, 0.15) is 37.4 Å². The lowest BCUT2D eigenvalue weighted by Crippen LogP contribution is -2.41. The van der Waals surface area contributed by atoms with E-state index < -0.39 is 16.1 Å². The van der Waals surface area contributed by atoms with Crippen LogP contribution in [0.5, 0.6) is 0 Å². The van der Waals surface area contributed by atoms with E-state index in [-0.39, 0.29) is 0 Å². The predicted molar refractivity (Wildman–Crippen MR) is 128 cm³/mol. The first-order valence-electron chi connectivity index (χ1n) is 10.4. The van der Waals surface area contributed by atoms with Crippen LogP contribution in [0, 0.1) is 6.92 Å². The number of unbranched alkanes of at least 4 members (excludes halogenated alkanes) is 2. The van der Waals surface area contributed by atoms with Crippen molar-refractivity contribution in [1.82, 2.24) is 23.4 Å². The topological polar surface area (TPSA) is 89.2 Å². The van der Waals surface area contributed by atoms with Gasteiger partial charge in [-0.3, -0.25) is 9.48 Å². The molecule has 2 aromatic heterocycles. The first kappa shape index (κ1) is 24.0. The Labute approximate surface area is 193 Å². The molecule has 3 rings (SSSR count). The lowest BCUT2D eigenvalue weighted by Gasteiger charge is -2.16. The van der Waals surface area contributed by atoms with Crippen molar-refractivity contribution in [1.29, 1.82) is 0 Å². The fraction of sp³-hybridized carbons (Fsp3) is 0.364. The largest absolute Gasteiger partial charge is 0.303 e. The Morgan fingerprint density at radius 1 is 1.28 bits per heavy atom. The number of fused-ring (bicyclic) bond motifs is 1. The van der Waals surface area contributed by atoms with Gasteiger partial charge in [-0.05, 0) is 43.7 Å². The number of nitrogens with zero attached hydrogens (tertiary/aromatic N) is 4. The quantitative estimate of drug-likeness (QED) is 0.374. The van der Waals surface area contributed by atoms with E-state index in [1.165, 1.54) is 13.1 Å². The van der Waals surface area contributed by atoms with Crippen molar-refractivity contribution < 1.29 is 13.2 Å². The lowest BCUT2D eigenvalue weighted by atomic mass is 10.2. The zero-order valence-electron chi connectivity index (χ0n) is 18.7. The second kappa shape index (κ2) is 9.89. The molecule has 1 N–H and O–H groups in total. The molecule has 0 aliphatic rings. The molecule has 0 atom stereocenters. The Kier molecular flexibility index (Phi) is 7.43. The molecule has 172 valence electrons. The van der Waals surface area contributed by atoms with Gasteiger partial charge in [-0.2, -0.15) is 17.8 Å². The van der Waals surface area contributed by atoms with Crippen molar-refractivity contribution in [3.05, 3.63) is 52.8 Å². The van der Waals surface area contributed by atoms with Crippen molar-refractivity contribution in [3.63, 3.8) is 0 Å². The normalized spacial score (nSPS) is 12.3. The minimum atomic E-state index is -3.89. The van der Waals surface area contributed by atoms with Crippen LogP contribution in [0.25, 0.3) is 22.8 Å². The Morgan fingerprint density at radius 2 is 2.03 bits per heavy atom. The standard InChI is InChI=1S/C22H28ClN5O3S/c1-5-6-7-13-26(3)32(30,31)25-21(29)11-9-19-16(2)24-27(4)22(19)28-14-12-17-15-18(23)8-10-20(17)28/h8-12,14-15H,5-7,13H2,1-4H3,(H,25,29)/b11-9+. The summed E-state index contributed by atoms with van der Waals surface area (Å²) in [5.74, 6) is 0.0362. The van der Waals surface area contributed by atoms with Gasteiger partial charge in [-0.25, -0.2) is 4.72 Å². The summed E-state index contributed by atoms with van der Waals surface area (Å²) in [5.41, 5.74) is 2.36. The van der Waals surface area contributed by atoms with Gasteiger partial charge < -0.3 is 4.57 Å². The number of amides is 1. The first-order valence-corrected chi connectivity index (χ1v) is 12.2. The van der Waals surface area contributed by atoms with Crippen LogP contribution in [0.15, 0.2) is 36.5 Å². The highest BCUT2D eigenvalue weighted by atomic mass is 35.5. The molecule has 0 saturated heterocycles. The summed E-state index contributed by atoms with van der Waals surface area (Å²) in [7, 11) is -0.615. The molecule has 32 heavy (non-hydrogen) atoms. The van der Waals surface area contributed by atoms with Crippen LogP contribution in [0.2, 0.25) is 5.02 Å². The number of aryl methyl sites for hydroxylation is 2. The Hall–Kier alpha value is -2.62. The molecule has 0 fully saturated rings. The number of benzene rings is 1. The monoisotopic (exact) mass is 477 g/mol. The number of rotatable bonds is 9. The fourth-order valence-electron chi connectivity index (χ4n) is 3.54. The third-order valence-corrected chi connectivity index (χ3v) is 6.93. The minimum absolute atomic E-state index is 0.358. The van der Waals surface area contributed by atoms with E-state index in [0.717, 1.165) is 40.3 Å². The van der Waals surface area contributed by atoms with E-state index >= 15 is 0 Å². The molecular formula is C22H28ClN5O3S. The summed E-state index contributed by atoms with van der Waals surface area (Å²) in [6.45, 7) is 4.24. The number of nitrogens with one attached hydrogen (secondary N) is 1. The highest BCUT2D eigenvalue weighted by Gasteiger charge is 2.20. The third-order valence-electron chi connectivity index (χ3n) is 5.24. The molecule has 2 heterocycles. The molecule has 0 bridgehead atoms. The highest BCUT2D eigenvalue weighted by molar-refractivity contribution is 7.87. The number of hydrogen-bond acceptors (Lipinski definition) is 4. The van der Waals surface area contributed by atoms with Crippen molar-refractivity contribution >= 4 is 44.7 Å². The third kappa shape index (κ3) is 5.23. The van der Waals surface area contributed by atoms with E-state index in [4.69, 9.17) is 11.6 Å². The maximum atomic E-state index is 12.4. The minimum Gasteiger partial charge on any atom is -0.301 e. The molecule has 8 nitrogen and oxygen atoms in total. The molecule has 10 heteroatoms. The molecule has 0 aliphatic carbocycles. The van der Waals surface area contributed by atoms with Crippen LogP contribution in [0.4, 0.5) is 0 Å². The molecule has 1 aromatic carbocycles. The van der Waals surface area contributed by atoms with Crippen molar-refractivity contribution in [2.75, 3.05) is 13.6 Å². The average molecular weight is 478 g/mol. The Morgan fingerprint density at radius 3 is 2.75 bits per heavy atom. The number of halogens is 1. The number of hydrogen-bond donors (Lipinski definition) is 1. The Balaban J connectivity index is 1.84. The smallest absolute Gasteiger partial charge is 0.301 e. The summed E-state index contributed by atoms with van der Waals surface area (Å²) >= 11 is 6.10. The van der Waals surface area contributed by atoms with E-state index in [9.17, 15) is 13.2 Å².